The van der Waals surface area contributed by atoms with Crippen molar-refractivity contribution in [1.29, 1.82) is 0 Å². The maximum Gasteiger partial charge on any atom is 0.320 e. The van der Waals surface area contributed by atoms with E-state index >= 15 is 0 Å². The van der Waals surface area contributed by atoms with Gasteiger partial charge >= 0.3 is 5.97 Å². The first-order chi connectivity index (χ1) is 10.8. The molecule has 0 aliphatic rings. The molecule has 0 aromatic heterocycles. The lowest BCUT2D eigenvalue weighted by atomic mass is 9.84. The fourth-order valence-corrected chi connectivity index (χ4v) is 2.54. The monoisotopic (exact) mass is 311 g/mol. The van der Waals surface area contributed by atoms with Crippen molar-refractivity contribution in [1.82, 2.24) is 5.32 Å². The number of nitrogens with one attached hydrogen (secondary N) is 1. The number of esters is 1. The Bertz CT molecular complexity index is 590. The predicted molar refractivity (Wildman–Crippen MR) is 93.2 cm³/mol. The Morgan fingerprint density at radius 1 is 0.870 bits per heavy atom. The highest BCUT2D eigenvalue weighted by molar-refractivity contribution is 5.72. The molecule has 122 valence electrons. The average Bonchev–Trinajstić information content (AvgIpc) is 2.53. The van der Waals surface area contributed by atoms with Gasteiger partial charge in [-0.2, -0.15) is 0 Å². The van der Waals surface area contributed by atoms with E-state index in [0.717, 1.165) is 11.1 Å². The molecule has 0 unspecified atom stereocenters. The highest BCUT2D eigenvalue weighted by Gasteiger charge is 2.29. The van der Waals surface area contributed by atoms with Crippen molar-refractivity contribution >= 4 is 5.97 Å². The summed E-state index contributed by atoms with van der Waals surface area (Å²) in [6.45, 7) is 7.86. The van der Waals surface area contributed by atoms with Gasteiger partial charge in [0.15, 0.2) is 0 Å². The summed E-state index contributed by atoms with van der Waals surface area (Å²) >= 11 is 0. The number of rotatable bonds is 5. The second-order valence-electron chi connectivity index (χ2n) is 6.80. The van der Waals surface area contributed by atoms with Crippen LogP contribution in [-0.2, 0) is 15.1 Å². The van der Waals surface area contributed by atoms with Crippen LogP contribution in [0.2, 0.25) is 0 Å². The molecular formula is C20H25NO2. The van der Waals surface area contributed by atoms with Crippen molar-refractivity contribution in [3.8, 4) is 0 Å². The molecule has 0 heterocycles. The Balaban J connectivity index is 2.24. The zero-order valence-corrected chi connectivity index (χ0v) is 14.3. The van der Waals surface area contributed by atoms with Gasteiger partial charge in [-0.15, -0.1) is 0 Å². The van der Waals surface area contributed by atoms with E-state index in [1.807, 2.05) is 57.2 Å². The Labute approximate surface area is 138 Å². The summed E-state index contributed by atoms with van der Waals surface area (Å²) in [5, 5.41) is 3.38. The summed E-state index contributed by atoms with van der Waals surface area (Å²) in [6.07, 6.45) is 0. The van der Waals surface area contributed by atoms with Gasteiger partial charge in [0, 0.05) is 0 Å². The average molecular weight is 311 g/mol. The molecule has 0 radical (unpaired) electrons. The quantitative estimate of drug-likeness (QED) is 0.852. The zero-order valence-electron chi connectivity index (χ0n) is 14.3. The Kier molecular flexibility index (Phi) is 5.22. The largest absolute Gasteiger partial charge is 0.459 e. The number of carbonyl (C=O) groups excluding carboxylic acids is 1. The van der Waals surface area contributed by atoms with Gasteiger partial charge in [0.05, 0.1) is 12.1 Å². The summed E-state index contributed by atoms with van der Waals surface area (Å²) < 4.78 is 5.40. The van der Waals surface area contributed by atoms with Crippen molar-refractivity contribution in [2.45, 2.75) is 38.8 Å². The standard InChI is InChI=1S/C20H25NO2/c1-19(2,3)23-18(22)15-21-20(4,16-11-7-5-8-12-16)17-13-9-6-10-14-17/h5-14,21H,15H2,1-4H3. The molecule has 0 aliphatic heterocycles. The minimum absolute atomic E-state index is 0.150. The predicted octanol–water partition coefficient (Wildman–Crippen LogP) is 3.88. The highest BCUT2D eigenvalue weighted by Crippen LogP contribution is 2.28. The maximum absolute atomic E-state index is 12.1. The van der Waals surface area contributed by atoms with Crippen molar-refractivity contribution in [2.75, 3.05) is 6.54 Å². The van der Waals surface area contributed by atoms with E-state index in [0.29, 0.717) is 0 Å². The van der Waals surface area contributed by atoms with Gasteiger partial charge in [-0.25, -0.2) is 0 Å². The number of benzene rings is 2. The van der Waals surface area contributed by atoms with E-state index in [-0.39, 0.29) is 12.5 Å². The number of hydrogen-bond acceptors (Lipinski definition) is 3. The molecule has 1 N–H and O–H groups in total. The van der Waals surface area contributed by atoms with Gasteiger partial charge in [0.1, 0.15) is 5.60 Å². The third kappa shape index (κ3) is 4.67. The van der Waals surface area contributed by atoms with Crippen LogP contribution in [0.4, 0.5) is 0 Å². The van der Waals surface area contributed by atoms with Crippen LogP contribution >= 0.6 is 0 Å². The molecule has 0 spiro atoms. The molecule has 3 nitrogen and oxygen atoms in total. The summed E-state index contributed by atoms with van der Waals surface area (Å²) in [7, 11) is 0. The van der Waals surface area contributed by atoms with Gasteiger partial charge in [-0.3, -0.25) is 10.1 Å². The first kappa shape index (κ1) is 17.2. The van der Waals surface area contributed by atoms with Crippen LogP contribution in [0.15, 0.2) is 60.7 Å². The molecule has 0 fully saturated rings. The third-order valence-corrected chi connectivity index (χ3v) is 3.71. The third-order valence-electron chi connectivity index (χ3n) is 3.71. The van der Waals surface area contributed by atoms with Crippen molar-refractivity contribution in [3.05, 3.63) is 71.8 Å². The van der Waals surface area contributed by atoms with Crippen molar-refractivity contribution in [2.24, 2.45) is 0 Å². The lowest BCUT2D eigenvalue weighted by molar-refractivity contribution is -0.153. The van der Waals surface area contributed by atoms with E-state index < -0.39 is 11.1 Å². The number of ether oxygens (including phenoxy) is 1. The molecule has 0 bridgehead atoms. The topological polar surface area (TPSA) is 38.3 Å². The highest BCUT2D eigenvalue weighted by atomic mass is 16.6. The van der Waals surface area contributed by atoms with E-state index in [1.165, 1.54) is 0 Å². The minimum atomic E-state index is -0.478. The number of carbonyl (C=O) groups is 1. The van der Waals surface area contributed by atoms with Crippen LogP contribution in [0.1, 0.15) is 38.8 Å². The lowest BCUT2D eigenvalue weighted by Crippen LogP contribution is -2.44. The van der Waals surface area contributed by atoms with E-state index in [1.54, 1.807) is 0 Å². The van der Waals surface area contributed by atoms with Crippen LogP contribution in [0, 0.1) is 0 Å². The first-order valence-corrected chi connectivity index (χ1v) is 7.89. The van der Waals surface area contributed by atoms with Gasteiger partial charge in [0.2, 0.25) is 0 Å². The Morgan fingerprint density at radius 2 is 1.30 bits per heavy atom. The molecule has 0 saturated heterocycles. The van der Waals surface area contributed by atoms with Crippen molar-refractivity contribution < 1.29 is 9.53 Å². The van der Waals surface area contributed by atoms with Crippen molar-refractivity contribution in [3.63, 3.8) is 0 Å². The summed E-state index contributed by atoms with van der Waals surface area (Å²) in [6, 6.07) is 20.3. The van der Waals surface area contributed by atoms with E-state index in [4.69, 9.17) is 4.74 Å². The summed E-state index contributed by atoms with van der Waals surface area (Å²) in [5.74, 6) is -0.254. The van der Waals surface area contributed by atoms with Crippen LogP contribution in [0.5, 0.6) is 0 Å². The molecule has 0 saturated carbocycles. The van der Waals surface area contributed by atoms with E-state index in [9.17, 15) is 4.79 Å². The van der Waals surface area contributed by atoms with Crippen LogP contribution < -0.4 is 5.32 Å². The second-order valence-corrected chi connectivity index (χ2v) is 6.80. The molecule has 3 heteroatoms. The normalized spacial score (nSPS) is 12.0. The minimum Gasteiger partial charge on any atom is -0.459 e. The molecule has 2 aromatic carbocycles. The van der Waals surface area contributed by atoms with E-state index in [2.05, 4.69) is 36.5 Å². The lowest BCUT2D eigenvalue weighted by Gasteiger charge is -2.32. The van der Waals surface area contributed by atoms with Crippen LogP contribution in [-0.4, -0.2) is 18.1 Å². The summed E-state index contributed by atoms with van der Waals surface area (Å²) in [4.78, 5) is 12.1. The van der Waals surface area contributed by atoms with Crippen LogP contribution in [0.25, 0.3) is 0 Å². The Morgan fingerprint density at radius 3 is 1.70 bits per heavy atom. The molecule has 0 atom stereocenters. The number of hydrogen-bond donors (Lipinski definition) is 1. The maximum atomic E-state index is 12.1. The smallest absolute Gasteiger partial charge is 0.320 e. The van der Waals surface area contributed by atoms with Gasteiger partial charge < -0.3 is 4.74 Å². The SMILES string of the molecule is CC(C)(C)OC(=O)CNC(C)(c1ccccc1)c1ccccc1. The molecule has 2 rings (SSSR count). The molecule has 0 aliphatic carbocycles. The molecule has 2 aromatic rings. The fourth-order valence-electron chi connectivity index (χ4n) is 2.54. The van der Waals surface area contributed by atoms with Crippen LogP contribution in [0.3, 0.4) is 0 Å². The van der Waals surface area contributed by atoms with Gasteiger partial charge in [-0.1, -0.05) is 60.7 Å². The molecule has 23 heavy (non-hydrogen) atoms. The fraction of sp³-hybridized carbons (Fsp3) is 0.350. The van der Waals surface area contributed by atoms with Gasteiger partial charge in [0.25, 0.3) is 0 Å². The first-order valence-electron chi connectivity index (χ1n) is 7.89. The molecule has 0 amide bonds. The molecular weight excluding hydrogens is 286 g/mol. The van der Waals surface area contributed by atoms with Gasteiger partial charge in [-0.05, 0) is 38.8 Å². The zero-order chi connectivity index (χ0) is 16.9. The Hall–Kier alpha value is -2.13. The second kappa shape index (κ2) is 6.97. The summed E-state index contributed by atoms with van der Waals surface area (Å²) in [5.41, 5.74) is 1.28.